The minimum Gasteiger partial charge on any atom is -0.344 e. The molecule has 1 amide bonds. The van der Waals surface area contributed by atoms with Crippen LogP contribution in [0.25, 0.3) is 11.4 Å². The average molecular weight is 430 g/mol. The Balaban J connectivity index is 1.64. The van der Waals surface area contributed by atoms with Crippen molar-refractivity contribution < 1.29 is 18.0 Å². The maximum absolute atomic E-state index is 12.7. The number of hydrogen-bond donors (Lipinski definition) is 2. The van der Waals surface area contributed by atoms with Crippen LogP contribution in [0.1, 0.15) is 16.7 Å². The lowest BCUT2D eigenvalue weighted by molar-refractivity contribution is -0.137. The number of nitrogens with one attached hydrogen (secondary N) is 2. The number of halogens is 3. The number of H-pyrrole nitrogens is 1. The summed E-state index contributed by atoms with van der Waals surface area (Å²) in [6, 6.07) is 12.3. The molecule has 30 heavy (non-hydrogen) atoms. The molecule has 0 radical (unpaired) electrons. The zero-order chi connectivity index (χ0) is 21.7. The van der Waals surface area contributed by atoms with Crippen LogP contribution in [0.5, 0.6) is 0 Å². The van der Waals surface area contributed by atoms with Gasteiger partial charge < -0.3 is 5.32 Å². The number of aromatic nitrogens is 3. The second kappa shape index (κ2) is 8.97. The van der Waals surface area contributed by atoms with Crippen LogP contribution in [0.15, 0.2) is 48.5 Å². The van der Waals surface area contributed by atoms with Gasteiger partial charge in [0.2, 0.25) is 5.91 Å². The number of carbonyl (C=O) groups excluding carboxylic acids is 1. The number of carbonyl (C=O) groups is 1. The lowest BCUT2D eigenvalue weighted by atomic mass is 10.1. The Morgan fingerprint density at radius 1 is 1.23 bits per heavy atom. The van der Waals surface area contributed by atoms with Crippen molar-refractivity contribution in [2.45, 2.75) is 19.6 Å². The number of alkyl halides is 3. The standard InChI is InChI=1S/C21H17F3N4OS/c1-14-5-2-8-16(11-14)19-26-27-20(30)28(19)13-18(29)25-10-4-7-15-6-3-9-17(12-15)21(22,23)24/h2-3,5-6,8-9,11-12H,10,13H2,1H3,(H,25,29)(H,27,30). The summed E-state index contributed by atoms with van der Waals surface area (Å²) in [7, 11) is 0. The molecule has 0 unspecified atom stereocenters. The summed E-state index contributed by atoms with van der Waals surface area (Å²) in [5.41, 5.74) is 1.32. The maximum atomic E-state index is 12.7. The molecule has 0 fully saturated rings. The molecular formula is C21H17F3N4OS. The highest BCUT2D eigenvalue weighted by Crippen LogP contribution is 2.29. The Morgan fingerprint density at radius 3 is 2.73 bits per heavy atom. The van der Waals surface area contributed by atoms with Crippen LogP contribution in [0.2, 0.25) is 0 Å². The summed E-state index contributed by atoms with van der Waals surface area (Å²) in [5.74, 6) is 5.46. The lowest BCUT2D eigenvalue weighted by Crippen LogP contribution is -2.28. The number of aromatic amines is 1. The third-order valence-electron chi connectivity index (χ3n) is 4.13. The molecule has 0 saturated heterocycles. The van der Waals surface area contributed by atoms with Crippen molar-refractivity contribution in [3.8, 4) is 23.2 Å². The van der Waals surface area contributed by atoms with E-state index in [4.69, 9.17) is 12.2 Å². The van der Waals surface area contributed by atoms with Gasteiger partial charge in [0.15, 0.2) is 10.6 Å². The Hall–Kier alpha value is -3.38. The molecule has 5 nitrogen and oxygen atoms in total. The largest absolute Gasteiger partial charge is 0.416 e. The van der Waals surface area contributed by atoms with Gasteiger partial charge in [-0.3, -0.25) is 14.5 Å². The van der Waals surface area contributed by atoms with Crippen LogP contribution in [0, 0.1) is 23.5 Å². The predicted octanol–water partition coefficient (Wildman–Crippen LogP) is 4.10. The van der Waals surface area contributed by atoms with Crippen LogP contribution in [-0.2, 0) is 17.5 Å². The molecule has 1 aromatic heterocycles. The molecule has 0 aliphatic rings. The van der Waals surface area contributed by atoms with Crippen molar-refractivity contribution in [3.05, 3.63) is 70.0 Å². The van der Waals surface area contributed by atoms with E-state index in [-0.39, 0.29) is 24.6 Å². The highest BCUT2D eigenvalue weighted by molar-refractivity contribution is 7.71. The van der Waals surface area contributed by atoms with Gasteiger partial charge in [-0.1, -0.05) is 41.7 Å². The fourth-order valence-corrected chi connectivity index (χ4v) is 2.93. The van der Waals surface area contributed by atoms with E-state index < -0.39 is 11.7 Å². The predicted molar refractivity (Wildman–Crippen MR) is 109 cm³/mol. The highest BCUT2D eigenvalue weighted by Gasteiger charge is 2.30. The summed E-state index contributed by atoms with van der Waals surface area (Å²) in [4.78, 5) is 12.3. The molecule has 3 rings (SSSR count). The first kappa shape index (κ1) is 21.3. The van der Waals surface area contributed by atoms with Gasteiger partial charge in [0, 0.05) is 11.1 Å². The molecule has 9 heteroatoms. The topological polar surface area (TPSA) is 62.7 Å². The number of amides is 1. The molecular weight excluding hydrogens is 413 g/mol. The summed E-state index contributed by atoms with van der Waals surface area (Å²) in [5, 5.41) is 9.48. The van der Waals surface area contributed by atoms with Crippen molar-refractivity contribution in [1.82, 2.24) is 20.1 Å². The van der Waals surface area contributed by atoms with Gasteiger partial charge in [-0.25, -0.2) is 0 Å². The van der Waals surface area contributed by atoms with E-state index in [1.807, 2.05) is 31.2 Å². The van der Waals surface area contributed by atoms with E-state index >= 15 is 0 Å². The van der Waals surface area contributed by atoms with E-state index in [0.29, 0.717) is 10.6 Å². The van der Waals surface area contributed by atoms with Crippen LogP contribution in [0.4, 0.5) is 13.2 Å². The van der Waals surface area contributed by atoms with Crippen LogP contribution < -0.4 is 5.32 Å². The average Bonchev–Trinajstić information content (AvgIpc) is 3.05. The second-order valence-electron chi connectivity index (χ2n) is 6.47. The first-order valence-electron chi connectivity index (χ1n) is 8.89. The van der Waals surface area contributed by atoms with E-state index in [0.717, 1.165) is 23.3 Å². The van der Waals surface area contributed by atoms with Crippen molar-refractivity contribution in [1.29, 1.82) is 0 Å². The fourth-order valence-electron chi connectivity index (χ4n) is 2.73. The van der Waals surface area contributed by atoms with Crippen LogP contribution in [-0.4, -0.2) is 27.2 Å². The molecule has 0 spiro atoms. The van der Waals surface area contributed by atoms with Gasteiger partial charge in [-0.05, 0) is 43.4 Å². The Kier molecular flexibility index (Phi) is 6.37. The lowest BCUT2D eigenvalue weighted by Gasteiger charge is -2.07. The van der Waals surface area contributed by atoms with Gasteiger partial charge in [-0.2, -0.15) is 18.3 Å². The summed E-state index contributed by atoms with van der Waals surface area (Å²) in [6.07, 6.45) is -4.43. The normalized spacial score (nSPS) is 10.9. The first-order chi connectivity index (χ1) is 14.2. The molecule has 0 aliphatic heterocycles. The summed E-state index contributed by atoms with van der Waals surface area (Å²) in [6.45, 7) is 1.87. The van der Waals surface area contributed by atoms with Crippen molar-refractivity contribution >= 4 is 18.1 Å². The molecule has 2 N–H and O–H groups in total. The van der Waals surface area contributed by atoms with Gasteiger partial charge in [-0.15, -0.1) is 0 Å². The monoisotopic (exact) mass is 430 g/mol. The number of hydrogen-bond acceptors (Lipinski definition) is 3. The summed E-state index contributed by atoms with van der Waals surface area (Å²) < 4.78 is 40.1. The van der Waals surface area contributed by atoms with E-state index in [2.05, 4.69) is 27.4 Å². The number of aryl methyl sites for hydroxylation is 1. The van der Waals surface area contributed by atoms with Crippen LogP contribution >= 0.6 is 12.2 Å². The zero-order valence-corrected chi connectivity index (χ0v) is 16.7. The zero-order valence-electron chi connectivity index (χ0n) is 15.9. The molecule has 0 atom stereocenters. The molecule has 0 bridgehead atoms. The quantitative estimate of drug-likeness (QED) is 0.484. The number of benzene rings is 2. The smallest absolute Gasteiger partial charge is 0.344 e. The second-order valence-corrected chi connectivity index (χ2v) is 6.85. The maximum Gasteiger partial charge on any atom is 0.416 e. The highest BCUT2D eigenvalue weighted by atomic mass is 32.1. The van der Waals surface area contributed by atoms with E-state index in [9.17, 15) is 18.0 Å². The van der Waals surface area contributed by atoms with Crippen molar-refractivity contribution in [2.24, 2.45) is 0 Å². The van der Waals surface area contributed by atoms with Gasteiger partial charge in [0.05, 0.1) is 12.1 Å². The third kappa shape index (κ3) is 5.36. The minimum absolute atomic E-state index is 0.0139. The summed E-state index contributed by atoms with van der Waals surface area (Å²) >= 11 is 5.21. The molecule has 154 valence electrons. The molecule has 0 aliphatic carbocycles. The minimum atomic E-state index is -4.43. The van der Waals surface area contributed by atoms with Crippen molar-refractivity contribution in [3.63, 3.8) is 0 Å². The van der Waals surface area contributed by atoms with Gasteiger partial charge in [0.1, 0.15) is 6.54 Å². The van der Waals surface area contributed by atoms with Crippen molar-refractivity contribution in [2.75, 3.05) is 6.54 Å². The SMILES string of the molecule is Cc1cccc(-c2n[nH]c(=S)n2CC(=O)NCC#Cc2cccc(C(F)(F)F)c2)c1. The molecule has 0 saturated carbocycles. The first-order valence-corrected chi connectivity index (χ1v) is 9.30. The number of nitrogens with zero attached hydrogens (tertiary/aromatic N) is 2. The van der Waals surface area contributed by atoms with E-state index in [1.165, 1.54) is 12.1 Å². The molecule has 3 aromatic rings. The Labute approximate surface area is 175 Å². The van der Waals surface area contributed by atoms with Crippen LogP contribution in [0.3, 0.4) is 0 Å². The molecule has 2 aromatic carbocycles. The Morgan fingerprint density at radius 2 is 2.00 bits per heavy atom. The Bertz CT molecular complexity index is 1180. The van der Waals surface area contributed by atoms with Gasteiger partial charge >= 0.3 is 6.18 Å². The van der Waals surface area contributed by atoms with Gasteiger partial charge in [0.25, 0.3) is 0 Å². The fraction of sp³-hybridized carbons (Fsp3) is 0.190. The third-order valence-corrected chi connectivity index (χ3v) is 4.44. The van der Waals surface area contributed by atoms with E-state index in [1.54, 1.807) is 4.57 Å². The number of rotatable bonds is 4. The molecule has 1 heterocycles.